The number of hydrogen-bond acceptors (Lipinski definition) is 5. The molecule has 0 saturated carbocycles. The number of carbonyl (C=O) groups is 2. The molecule has 0 spiro atoms. The molecule has 0 aromatic rings. The number of piperazine rings is 1. The lowest BCUT2D eigenvalue weighted by molar-refractivity contribution is -0.127. The van der Waals surface area contributed by atoms with E-state index in [9.17, 15) is 9.59 Å². The Balaban J connectivity index is 0.00000576. The fourth-order valence-corrected chi connectivity index (χ4v) is 2.13. The molecule has 0 aromatic carbocycles. The van der Waals surface area contributed by atoms with Crippen molar-refractivity contribution in [3.63, 3.8) is 0 Å². The maximum absolute atomic E-state index is 11.8. The lowest BCUT2D eigenvalue weighted by Gasteiger charge is -2.36. The quantitative estimate of drug-likeness (QED) is 0.255. The molecule has 146 valence electrons. The summed E-state index contributed by atoms with van der Waals surface area (Å²) in [5, 5.41) is 3.20. The first-order valence-electron chi connectivity index (χ1n) is 8.13. The minimum Gasteiger partial charge on any atom is -0.450 e. The van der Waals surface area contributed by atoms with Crippen LogP contribution in [0.2, 0.25) is 0 Å². The van der Waals surface area contributed by atoms with E-state index in [1.807, 2.05) is 4.90 Å². The molecule has 1 aliphatic rings. The van der Waals surface area contributed by atoms with Gasteiger partial charge in [-0.2, -0.15) is 0 Å². The van der Waals surface area contributed by atoms with Gasteiger partial charge in [-0.15, -0.1) is 24.0 Å². The number of carbonyl (C=O) groups excluding carboxylic acids is 2. The number of halogens is 1. The average Bonchev–Trinajstić information content (AvgIpc) is 2.58. The molecule has 1 rings (SSSR count). The largest absolute Gasteiger partial charge is 0.450 e. The number of aliphatic imine (C=N–C) groups is 1. The SMILES string of the molecule is CCOC(=O)N1CCN(C(=NCC(=O)N(C)C)NCCOC)CC1.I. The average molecular weight is 471 g/mol. The Kier molecular flexibility index (Phi) is 12.3. The number of hydrogen-bond donors (Lipinski definition) is 1. The van der Waals surface area contributed by atoms with E-state index in [0.717, 1.165) is 0 Å². The lowest BCUT2D eigenvalue weighted by atomic mass is 10.3. The Labute approximate surface area is 166 Å². The van der Waals surface area contributed by atoms with Gasteiger partial charge in [-0.1, -0.05) is 0 Å². The molecule has 25 heavy (non-hydrogen) atoms. The van der Waals surface area contributed by atoms with Crippen LogP contribution < -0.4 is 5.32 Å². The highest BCUT2D eigenvalue weighted by atomic mass is 127. The minimum atomic E-state index is -0.286. The van der Waals surface area contributed by atoms with Gasteiger partial charge in [0.25, 0.3) is 0 Å². The molecule has 1 N–H and O–H groups in total. The van der Waals surface area contributed by atoms with E-state index < -0.39 is 0 Å². The molecule has 10 heteroatoms. The molecule has 9 nitrogen and oxygen atoms in total. The van der Waals surface area contributed by atoms with Gasteiger partial charge in [-0.3, -0.25) is 4.79 Å². The fraction of sp³-hybridized carbons (Fsp3) is 0.800. The summed E-state index contributed by atoms with van der Waals surface area (Å²) in [6.07, 6.45) is -0.286. The number of ether oxygens (including phenoxy) is 2. The second kappa shape index (κ2) is 13.0. The molecule has 1 aliphatic heterocycles. The molecule has 1 saturated heterocycles. The number of methoxy groups -OCH3 is 1. The van der Waals surface area contributed by atoms with E-state index in [0.29, 0.717) is 51.9 Å². The summed E-state index contributed by atoms with van der Waals surface area (Å²) in [4.78, 5) is 33.1. The summed E-state index contributed by atoms with van der Waals surface area (Å²) in [7, 11) is 5.04. The van der Waals surface area contributed by atoms with Gasteiger partial charge in [-0.05, 0) is 6.92 Å². The van der Waals surface area contributed by atoms with E-state index in [-0.39, 0.29) is 42.5 Å². The molecular formula is C15H30IN5O4. The van der Waals surface area contributed by atoms with Gasteiger partial charge in [0.2, 0.25) is 5.91 Å². The fourth-order valence-electron chi connectivity index (χ4n) is 2.13. The Hall–Kier alpha value is -1.30. The third-order valence-corrected chi connectivity index (χ3v) is 3.56. The van der Waals surface area contributed by atoms with E-state index in [1.165, 1.54) is 4.90 Å². The zero-order valence-electron chi connectivity index (χ0n) is 15.5. The monoisotopic (exact) mass is 471 g/mol. The second-order valence-electron chi connectivity index (χ2n) is 5.52. The molecule has 1 fully saturated rings. The van der Waals surface area contributed by atoms with Crippen LogP contribution in [0.15, 0.2) is 4.99 Å². The lowest BCUT2D eigenvalue weighted by Crippen LogP contribution is -2.54. The third kappa shape index (κ3) is 8.56. The summed E-state index contributed by atoms with van der Waals surface area (Å²) >= 11 is 0. The molecular weight excluding hydrogens is 441 g/mol. The highest BCUT2D eigenvalue weighted by molar-refractivity contribution is 14.0. The maximum atomic E-state index is 11.8. The van der Waals surface area contributed by atoms with Crippen molar-refractivity contribution in [3.05, 3.63) is 0 Å². The van der Waals surface area contributed by atoms with Crippen molar-refractivity contribution in [2.75, 3.05) is 73.7 Å². The molecule has 0 atom stereocenters. The van der Waals surface area contributed by atoms with E-state index in [2.05, 4.69) is 10.3 Å². The van der Waals surface area contributed by atoms with Crippen molar-refractivity contribution in [1.82, 2.24) is 20.0 Å². The number of rotatable bonds is 6. The van der Waals surface area contributed by atoms with Crippen molar-refractivity contribution >= 4 is 41.9 Å². The molecule has 2 amide bonds. The van der Waals surface area contributed by atoms with Crippen LogP contribution in [0.5, 0.6) is 0 Å². The second-order valence-corrected chi connectivity index (χ2v) is 5.52. The van der Waals surface area contributed by atoms with Crippen LogP contribution in [0.25, 0.3) is 0 Å². The molecule has 1 heterocycles. The van der Waals surface area contributed by atoms with Crippen LogP contribution in [0.4, 0.5) is 4.79 Å². The summed E-state index contributed by atoms with van der Waals surface area (Å²) in [6, 6.07) is 0. The van der Waals surface area contributed by atoms with Crippen LogP contribution in [0.3, 0.4) is 0 Å². The van der Waals surface area contributed by atoms with Gasteiger partial charge in [0.1, 0.15) is 6.54 Å². The molecule has 0 aromatic heterocycles. The van der Waals surface area contributed by atoms with Crippen molar-refractivity contribution in [2.24, 2.45) is 4.99 Å². The first-order valence-corrected chi connectivity index (χ1v) is 8.13. The van der Waals surface area contributed by atoms with Crippen molar-refractivity contribution in [1.29, 1.82) is 0 Å². The molecule has 0 unspecified atom stereocenters. The van der Waals surface area contributed by atoms with Gasteiger partial charge in [-0.25, -0.2) is 9.79 Å². The van der Waals surface area contributed by atoms with Gasteiger partial charge in [0, 0.05) is 53.9 Å². The van der Waals surface area contributed by atoms with Crippen LogP contribution in [-0.2, 0) is 14.3 Å². The predicted octanol–water partition coefficient (Wildman–Crippen LogP) is 0.0587. The normalized spacial score (nSPS) is 14.6. The van der Waals surface area contributed by atoms with E-state index >= 15 is 0 Å². The predicted molar refractivity (Wildman–Crippen MR) is 106 cm³/mol. The van der Waals surface area contributed by atoms with Gasteiger partial charge in [0.15, 0.2) is 5.96 Å². The molecule has 0 aliphatic carbocycles. The van der Waals surface area contributed by atoms with Crippen LogP contribution in [0.1, 0.15) is 6.92 Å². The Morgan fingerprint density at radius 1 is 1.16 bits per heavy atom. The number of nitrogens with zero attached hydrogens (tertiary/aromatic N) is 4. The third-order valence-electron chi connectivity index (χ3n) is 3.56. The zero-order chi connectivity index (χ0) is 17.9. The summed E-state index contributed by atoms with van der Waals surface area (Å²) in [5.74, 6) is 0.594. The zero-order valence-corrected chi connectivity index (χ0v) is 17.8. The molecule has 0 radical (unpaired) electrons. The smallest absolute Gasteiger partial charge is 0.409 e. The summed E-state index contributed by atoms with van der Waals surface area (Å²) < 4.78 is 10.1. The summed E-state index contributed by atoms with van der Waals surface area (Å²) in [5.41, 5.74) is 0. The van der Waals surface area contributed by atoms with E-state index in [4.69, 9.17) is 9.47 Å². The van der Waals surface area contributed by atoms with Gasteiger partial charge < -0.3 is 29.5 Å². The van der Waals surface area contributed by atoms with Crippen LogP contribution in [-0.4, -0.2) is 106 Å². The summed E-state index contributed by atoms with van der Waals surface area (Å²) in [6.45, 7) is 5.78. The van der Waals surface area contributed by atoms with E-state index in [1.54, 1.807) is 33.0 Å². The van der Waals surface area contributed by atoms with Crippen molar-refractivity contribution < 1.29 is 19.1 Å². The Morgan fingerprint density at radius 3 is 2.28 bits per heavy atom. The van der Waals surface area contributed by atoms with Crippen molar-refractivity contribution in [2.45, 2.75) is 6.92 Å². The Bertz CT molecular complexity index is 440. The van der Waals surface area contributed by atoms with Crippen LogP contribution >= 0.6 is 24.0 Å². The van der Waals surface area contributed by atoms with Crippen molar-refractivity contribution in [3.8, 4) is 0 Å². The standard InChI is InChI=1S/C15H29N5O4.HI/c1-5-24-15(22)20-9-7-19(8-10-20)14(16-6-11-23-4)17-12-13(21)18(2)3;/h5-12H2,1-4H3,(H,16,17);1H. The maximum Gasteiger partial charge on any atom is 0.409 e. The number of amides is 2. The van der Waals surface area contributed by atoms with Gasteiger partial charge in [0.05, 0.1) is 13.2 Å². The number of likely N-dealkylation sites (N-methyl/N-ethyl adjacent to an activating group) is 1. The number of guanidine groups is 1. The highest BCUT2D eigenvalue weighted by Crippen LogP contribution is 2.04. The highest BCUT2D eigenvalue weighted by Gasteiger charge is 2.24. The topological polar surface area (TPSA) is 86.7 Å². The molecule has 0 bridgehead atoms. The van der Waals surface area contributed by atoms with Crippen LogP contribution in [0, 0.1) is 0 Å². The first-order chi connectivity index (χ1) is 11.5. The first kappa shape index (κ1) is 23.7. The number of nitrogens with one attached hydrogen (secondary N) is 1. The Morgan fingerprint density at radius 2 is 1.76 bits per heavy atom. The minimum absolute atomic E-state index is 0. The van der Waals surface area contributed by atoms with Gasteiger partial charge >= 0.3 is 6.09 Å².